The molecule has 172 valence electrons. The summed E-state index contributed by atoms with van der Waals surface area (Å²) < 4.78 is 5.53. The summed E-state index contributed by atoms with van der Waals surface area (Å²) in [5.41, 5.74) is 1.19. The number of rotatable bonds is 10. The molecule has 1 aliphatic heterocycles. The van der Waals surface area contributed by atoms with Crippen LogP contribution in [0.2, 0.25) is 0 Å². The lowest BCUT2D eigenvalue weighted by Gasteiger charge is -2.30. The minimum atomic E-state index is 0. The summed E-state index contributed by atoms with van der Waals surface area (Å²) in [6, 6.07) is 9.38. The Morgan fingerprint density at radius 3 is 2.53 bits per heavy atom. The first-order valence-corrected chi connectivity index (χ1v) is 11.1. The van der Waals surface area contributed by atoms with Gasteiger partial charge in [0.2, 0.25) is 0 Å². The van der Waals surface area contributed by atoms with E-state index < -0.39 is 0 Å². The van der Waals surface area contributed by atoms with Crippen LogP contribution in [-0.4, -0.2) is 69.3 Å². The number of hydrogen-bond acceptors (Lipinski definition) is 4. The van der Waals surface area contributed by atoms with E-state index >= 15 is 0 Å². The fourth-order valence-electron chi connectivity index (χ4n) is 4.07. The maximum atomic E-state index is 5.53. The number of benzene rings is 1. The third-order valence-electron chi connectivity index (χ3n) is 5.55. The summed E-state index contributed by atoms with van der Waals surface area (Å²) in [6.07, 6.45) is 1.16. The van der Waals surface area contributed by atoms with Crippen LogP contribution in [0.1, 0.15) is 41.0 Å². The molecule has 0 spiro atoms. The molecule has 0 aliphatic carbocycles. The number of anilines is 1. The van der Waals surface area contributed by atoms with Gasteiger partial charge < -0.3 is 20.3 Å². The van der Waals surface area contributed by atoms with E-state index in [-0.39, 0.29) is 24.0 Å². The molecule has 1 aromatic carbocycles. The second-order valence-corrected chi connectivity index (χ2v) is 8.34. The van der Waals surface area contributed by atoms with E-state index in [1.165, 1.54) is 5.69 Å². The molecule has 2 N–H and O–H groups in total. The summed E-state index contributed by atoms with van der Waals surface area (Å²) in [4.78, 5) is 9.79. The summed E-state index contributed by atoms with van der Waals surface area (Å²) in [6.45, 7) is 16.9. The van der Waals surface area contributed by atoms with Gasteiger partial charge in [0.05, 0.1) is 12.8 Å². The fraction of sp³-hybridized carbons (Fsp3) is 0.696. The monoisotopic (exact) mass is 531 g/mol. The number of methoxy groups -OCH3 is 1. The maximum Gasteiger partial charge on any atom is 0.191 e. The first-order chi connectivity index (χ1) is 14.0. The molecule has 0 saturated carbocycles. The highest BCUT2D eigenvalue weighted by Gasteiger charge is 2.24. The smallest absolute Gasteiger partial charge is 0.191 e. The van der Waals surface area contributed by atoms with Crippen molar-refractivity contribution in [3.05, 3.63) is 24.3 Å². The van der Waals surface area contributed by atoms with Crippen LogP contribution in [0.15, 0.2) is 29.3 Å². The molecule has 7 heteroatoms. The minimum absolute atomic E-state index is 0. The highest BCUT2D eigenvalue weighted by molar-refractivity contribution is 14.0. The average molecular weight is 532 g/mol. The number of hydrogen-bond donors (Lipinski definition) is 2. The van der Waals surface area contributed by atoms with Gasteiger partial charge in [0.15, 0.2) is 5.96 Å². The third kappa shape index (κ3) is 8.13. The van der Waals surface area contributed by atoms with Crippen LogP contribution in [0.3, 0.4) is 0 Å². The summed E-state index contributed by atoms with van der Waals surface area (Å²) in [7, 11) is 1.74. The molecule has 1 heterocycles. The second kappa shape index (κ2) is 14.0. The Labute approximate surface area is 200 Å². The summed E-state index contributed by atoms with van der Waals surface area (Å²) in [5, 5.41) is 6.90. The maximum absolute atomic E-state index is 5.53. The molecule has 0 aromatic heterocycles. The van der Waals surface area contributed by atoms with E-state index in [0.717, 1.165) is 57.4 Å². The average Bonchev–Trinajstić information content (AvgIpc) is 3.17. The Morgan fingerprint density at radius 2 is 1.90 bits per heavy atom. The summed E-state index contributed by atoms with van der Waals surface area (Å²) in [5.74, 6) is 2.44. The normalized spacial score (nSPS) is 16.9. The van der Waals surface area contributed by atoms with Crippen LogP contribution in [0.4, 0.5) is 5.69 Å². The van der Waals surface area contributed by atoms with Crippen molar-refractivity contribution in [2.45, 2.75) is 53.1 Å². The van der Waals surface area contributed by atoms with Crippen molar-refractivity contribution in [2.75, 3.05) is 51.3 Å². The van der Waals surface area contributed by atoms with E-state index in [4.69, 9.17) is 9.73 Å². The Hall–Kier alpha value is -1.22. The van der Waals surface area contributed by atoms with Gasteiger partial charge in [-0.15, -0.1) is 24.0 Å². The summed E-state index contributed by atoms with van der Waals surface area (Å²) >= 11 is 0. The molecule has 2 rings (SSSR count). The SMILES string of the molecule is CCNC(=NCC1CCN(c2ccccc2OC)C1)NCCN(C(C)C)C(C)C.I. The number of nitrogens with zero attached hydrogens (tertiary/aromatic N) is 3. The molecule has 30 heavy (non-hydrogen) atoms. The number of ether oxygens (including phenoxy) is 1. The molecule has 0 amide bonds. The molecule has 1 fully saturated rings. The van der Waals surface area contributed by atoms with E-state index in [0.29, 0.717) is 18.0 Å². The molecule has 6 nitrogen and oxygen atoms in total. The van der Waals surface area contributed by atoms with E-state index in [2.05, 4.69) is 67.2 Å². The molecular weight excluding hydrogens is 489 g/mol. The van der Waals surface area contributed by atoms with Crippen molar-refractivity contribution in [1.82, 2.24) is 15.5 Å². The van der Waals surface area contributed by atoms with Crippen LogP contribution in [0.5, 0.6) is 5.75 Å². The number of nitrogens with one attached hydrogen (secondary N) is 2. The van der Waals surface area contributed by atoms with Gasteiger partial charge in [-0.3, -0.25) is 9.89 Å². The Balaban J connectivity index is 0.00000450. The molecular formula is C23H42IN5O. The van der Waals surface area contributed by atoms with Gasteiger partial charge in [-0.05, 0) is 59.1 Å². The van der Waals surface area contributed by atoms with Crippen molar-refractivity contribution < 1.29 is 4.74 Å². The lowest BCUT2D eigenvalue weighted by atomic mass is 10.1. The molecule has 1 atom stereocenters. The minimum Gasteiger partial charge on any atom is -0.495 e. The van der Waals surface area contributed by atoms with Gasteiger partial charge in [0, 0.05) is 51.4 Å². The number of para-hydroxylation sites is 2. The van der Waals surface area contributed by atoms with E-state index in [1.807, 2.05) is 12.1 Å². The Kier molecular flexibility index (Phi) is 12.5. The largest absolute Gasteiger partial charge is 0.495 e. The molecule has 1 aliphatic rings. The van der Waals surface area contributed by atoms with Crippen molar-refractivity contribution in [3.8, 4) is 5.75 Å². The van der Waals surface area contributed by atoms with Crippen molar-refractivity contribution >= 4 is 35.6 Å². The number of halogens is 1. The molecule has 0 bridgehead atoms. The third-order valence-corrected chi connectivity index (χ3v) is 5.55. The number of aliphatic imine (C=N–C) groups is 1. The fourth-order valence-corrected chi connectivity index (χ4v) is 4.07. The van der Waals surface area contributed by atoms with Crippen LogP contribution in [0, 0.1) is 5.92 Å². The van der Waals surface area contributed by atoms with Gasteiger partial charge in [0.1, 0.15) is 5.75 Å². The van der Waals surface area contributed by atoms with Crippen molar-refractivity contribution in [2.24, 2.45) is 10.9 Å². The van der Waals surface area contributed by atoms with E-state index in [1.54, 1.807) is 7.11 Å². The van der Waals surface area contributed by atoms with Gasteiger partial charge in [0.25, 0.3) is 0 Å². The molecule has 0 radical (unpaired) electrons. The predicted molar refractivity (Wildman–Crippen MR) is 140 cm³/mol. The first kappa shape index (κ1) is 26.8. The van der Waals surface area contributed by atoms with Crippen LogP contribution >= 0.6 is 24.0 Å². The lowest BCUT2D eigenvalue weighted by molar-refractivity contribution is 0.178. The van der Waals surface area contributed by atoms with Gasteiger partial charge in [-0.2, -0.15) is 0 Å². The number of guanidine groups is 1. The quantitative estimate of drug-likeness (QED) is 0.273. The zero-order valence-electron chi connectivity index (χ0n) is 19.6. The van der Waals surface area contributed by atoms with Gasteiger partial charge in [-0.25, -0.2) is 0 Å². The molecule has 1 unspecified atom stereocenters. The predicted octanol–water partition coefficient (Wildman–Crippen LogP) is 3.81. The highest BCUT2D eigenvalue weighted by atomic mass is 127. The van der Waals surface area contributed by atoms with Crippen molar-refractivity contribution in [1.29, 1.82) is 0 Å². The van der Waals surface area contributed by atoms with Crippen LogP contribution in [0.25, 0.3) is 0 Å². The zero-order valence-corrected chi connectivity index (χ0v) is 22.0. The zero-order chi connectivity index (χ0) is 21.2. The van der Waals surface area contributed by atoms with Gasteiger partial charge >= 0.3 is 0 Å². The topological polar surface area (TPSA) is 52.1 Å². The lowest BCUT2D eigenvalue weighted by Crippen LogP contribution is -2.45. The molecule has 1 aromatic rings. The Morgan fingerprint density at radius 1 is 1.20 bits per heavy atom. The van der Waals surface area contributed by atoms with Crippen molar-refractivity contribution in [3.63, 3.8) is 0 Å². The standard InChI is InChI=1S/C23H41N5O.HI/c1-7-24-23(25-13-15-28(18(2)3)19(4)5)26-16-20-12-14-27(17-20)21-10-8-9-11-22(21)29-6;/h8-11,18-20H,7,12-17H2,1-6H3,(H2,24,25,26);1H. The Bertz CT molecular complexity index is 630. The van der Waals surface area contributed by atoms with Gasteiger partial charge in [-0.1, -0.05) is 12.1 Å². The highest BCUT2D eigenvalue weighted by Crippen LogP contribution is 2.31. The van der Waals surface area contributed by atoms with Crippen LogP contribution in [-0.2, 0) is 0 Å². The second-order valence-electron chi connectivity index (χ2n) is 8.34. The first-order valence-electron chi connectivity index (χ1n) is 11.1. The van der Waals surface area contributed by atoms with E-state index in [9.17, 15) is 0 Å². The van der Waals surface area contributed by atoms with Crippen LogP contribution < -0.4 is 20.3 Å². The molecule has 1 saturated heterocycles.